The van der Waals surface area contributed by atoms with Gasteiger partial charge in [0.25, 0.3) is 11.8 Å². The molecule has 12 heteroatoms. The van der Waals surface area contributed by atoms with Gasteiger partial charge in [0.05, 0.1) is 35.7 Å². The zero-order chi connectivity index (χ0) is 26.3. The van der Waals surface area contributed by atoms with Crippen LogP contribution in [0.25, 0.3) is 0 Å². The number of carbonyl (C=O) groups excluding carboxylic acids is 4. The second-order valence-corrected chi connectivity index (χ2v) is 14.7. The van der Waals surface area contributed by atoms with Crippen LogP contribution in [0.4, 0.5) is 11.4 Å². The molecule has 2 aromatic heterocycles. The summed E-state index contributed by atoms with van der Waals surface area (Å²) in [4.78, 5) is 51.6. The van der Waals surface area contributed by atoms with Gasteiger partial charge in [0.2, 0.25) is 0 Å². The van der Waals surface area contributed by atoms with Crippen molar-refractivity contribution in [2.24, 2.45) is 0 Å². The summed E-state index contributed by atoms with van der Waals surface area (Å²) in [6, 6.07) is 0. The van der Waals surface area contributed by atoms with E-state index in [-0.39, 0.29) is 56.3 Å². The molecule has 0 fully saturated rings. The molecule has 0 aliphatic carbocycles. The molecule has 8 nitrogen and oxygen atoms in total. The Morgan fingerprint density at radius 3 is 1.97 bits per heavy atom. The predicted octanol–water partition coefficient (Wildman–Crippen LogP) is 4.80. The number of thiophene rings is 2. The van der Waals surface area contributed by atoms with Crippen molar-refractivity contribution in [1.29, 1.82) is 0 Å². The van der Waals surface area contributed by atoms with E-state index in [1.807, 2.05) is 27.7 Å². The van der Waals surface area contributed by atoms with Crippen molar-refractivity contribution in [2.45, 2.75) is 46.7 Å². The zero-order valence-corrected chi connectivity index (χ0v) is 27.0. The van der Waals surface area contributed by atoms with Crippen LogP contribution in [0.1, 0.15) is 57.7 Å². The first-order chi connectivity index (χ1) is 16.6. The second kappa shape index (κ2) is 14.8. The van der Waals surface area contributed by atoms with Crippen molar-refractivity contribution in [2.75, 3.05) is 42.8 Å². The maximum absolute atomic E-state index is 13.5. The van der Waals surface area contributed by atoms with Crippen molar-refractivity contribution in [1.82, 2.24) is 0 Å². The molecule has 0 aliphatic heterocycles. The molecule has 1 atom stereocenters. The second-order valence-electron chi connectivity index (χ2n) is 8.29. The van der Waals surface area contributed by atoms with E-state index >= 15 is 0 Å². The average Bonchev–Trinajstić information content (AvgIpc) is 3.39. The van der Waals surface area contributed by atoms with Crippen molar-refractivity contribution < 1.29 is 61.7 Å². The maximum Gasteiger partial charge on any atom is 0.350 e. The Morgan fingerprint density at radius 1 is 0.972 bits per heavy atom. The van der Waals surface area contributed by atoms with Crippen molar-refractivity contribution >= 4 is 64.9 Å². The fraction of sp³-hybridized carbons (Fsp3) is 0.500. The summed E-state index contributed by atoms with van der Waals surface area (Å²) in [5, 5.41) is 18.7. The number of Topliss-reactive ketones (excluding diaryl/α,β-unsaturated/α-hetero) is 1. The summed E-state index contributed by atoms with van der Waals surface area (Å²) < 4.78 is 4.85. The number of carbonyl (C=O) groups is 4. The quantitative estimate of drug-likeness (QED) is 0.176. The van der Waals surface area contributed by atoms with Crippen LogP contribution in [-0.4, -0.2) is 66.5 Å². The molecule has 195 valence electrons. The van der Waals surface area contributed by atoms with E-state index in [0.29, 0.717) is 39.9 Å². The van der Waals surface area contributed by atoms with Crippen LogP contribution in [0.5, 0.6) is 0 Å². The third kappa shape index (κ3) is 7.30. The van der Waals surface area contributed by atoms with Gasteiger partial charge in [-0.1, -0.05) is 6.92 Å². The maximum atomic E-state index is 13.5. The monoisotopic (exact) mass is 630 g/mol. The van der Waals surface area contributed by atoms with Crippen LogP contribution < -0.4 is 10.6 Å². The van der Waals surface area contributed by atoms with Crippen molar-refractivity contribution in [3.8, 4) is 0 Å². The molecular formula is C24H34N2O6PS2Y+. The normalized spacial score (nSPS) is 11.9. The minimum atomic E-state index is -2.11. The molecule has 2 heterocycles. The van der Waals surface area contributed by atoms with Crippen LogP contribution in [-0.2, 0) is 47.0 Å². The number of ether oxygens (including phenoxy) is 1. The number of aliphatic hydroxyl groups is 1. The molecule has 1 unspecified atom stereocenters. The molecule has 36 heavy (non-hydrogen) atoms. The molecule has 0 aliphatic rings. The number of aryl methyl sites for hydroxylation is 2. The third-order valence-electron chi connectivity index (χ3n) is 6.30. The van der Waals surface area contributed by atoms with E-state index in [0.717, 1.165) is 11.1 Å². The molecule has 3 N–H and O–H groups in total. The summed E-state index contributed by atoms with van der Waals surface area (Å²) >= 11 is 2.41. The van der Waals surface area contributed by atoms with Crippen molar-refractivity contribution in [3.63, 3.8) is 0 Å². The molecular weight excluding hydrogens is 596 g/mol. The SMILES string of the molecule is CCC(C(=O)Nc1c(C)csc1C(=O)OC)[P+](CC)(CC)CC(=O)Nc1c(C)csc1C(=O)CO.[Y]. The zero-order valence-electron chi connectivity index (χ0n) is 21.6. The van der Waals surface area contributed by atoms with E-state index in [9.17, 15) is 24.3 Å². The van der Waals surface area contributed by atoms with E-state index in [4.69, 9.17) is 4.74 Å². The van der Waals surface area contributed by atoms with Crippen LogP contribution >= 0.6 is 29.9 Å². The molecule has 0 spiro atoms. The van der Waals surface area contributed by atoms with E-state index in [1.165, 1.54) is 29.8 Å². The van der Waals surface area contributed by atoms with E-state index < -0.39 is 25.6 Å². The first kappa shape index (κ1) is 33.0. The number of methoxy groups -OCH3 is 1. The Kier molecular flexibility index (Phi) is 13.6. The van der Waals surface area contributed by atoms with E-state index in [1.54, 1.807) is 17.7 Å². The molecule has 2 rings (SSSR count). The Hall–Kier alpha value is -1.03. The number of ketones is 1. The van der Waals surface area contributed by atoms with Crippen LogP contribution in [0.3, 0.4) is 0 Å². The summed E-state index contributed by atoms with van der Waals surface area (Å²) in [5.74, 6) is -1.39. The molecule has 0 saturated heterocycles. The Labute approximate surface area is 246 Å². The topological polar surface area (TPSA) is 122 Å². The van der Waals surface area contributed by atoms with Gasteiger partial charge in [0.1, 0.15) is 23.3 Å². The van der Waals surface area contributed by atoms with Crippen LogP contribution in [0, 0.1) is 13.8 Å². The van der Waals surface area contributed by atoms with Gasteiger partial charge in [-0.05, 0) is 56.0 Å². The number of amides is 2. The Morgan fingerprint density at radius 2 is 1.50 bits per heavy atom. The molecule has 1 radical (unpaired) electrons. The number of nitrogens with one attached hydrogen (secondary N) is 2. The first-order valence-corrected chi connectivity index (χ1v) is 15.6. The summed E-state index contributed by atoms with van der Waals surface area (Å²) in [5.41, 5.74) is 2.04. The number of aliphatic hydroxyl groups excluding tert-OH is 1. The number of esters is 1. The Balaban J connectivity index is 0.00000648. The fourth-order valence-corrected chi connectivity index (χ4v) is 10.1. The molecule has 2 aromatic rings. The van der Waals surface area contributed by atoms with Gasteiger partial charge < -0.3 is 20.5 Å². The standard InChI is InChI=1S/C24H33N2O6PS2.Y/c1-7-17(23(30)26-20-15(5)13-35-22(20)24(31)32-6)33(8-2,9-3)11-18(29)25-19-14(4)12-34-21(19)16(28)10-27;/h12-13,17,27H,7-11H2,1-6H3,(H-,25,26,28,29,30,31);/p+1. The molecule has 2 amide bonds. The number of hydrogen-bond donors (Lipinski definition) is 3. The van der Waals surface area contributed by atoms with E-state index in [2.05, 4.69) is 10.6 Å². The number of anilines is 2. The van der Waals surface area contributed by atoms with Gasteiger partial charge in [-0.3, -0.25) is 14.4 Å². The smallest absolute Gasteiger partial charge is 0.350 e. The molecule has 0 bridgehead atoms. The summed E-state index contributed by atoms with van der Waals surface area (Å²) in [6.45, 7) is 8.94. The van der Waals surface area contributed by atoms with Crippen molar-refractivity contribution in [3.05, 3.63) is 31.6 Å². The van der Waals surface area contributed by atoms with Crippen LogP contribution in [0.2, 0.25) is 0 Å². The van der Waals surface area contributed by atoms with Gasteiger partial charge in [-0.15, -0.1) is 22.7 Å². The predicted molar refractivity (Wildman–Crippen MR) is 145 cm³/mol. The Bertz CT molecular complexity index is 1100. The summed E-state index contributed by atoms with van der Waals surface area (Å²) in [7, 11) is -0.805. The first-order valence-electron chi connectivity index (χ1n) is 11.4. The minimum Gasteiger partial charge on any atom is -0.465 e. The molecule has 0 saturated carbocycles. The minimum absolute atomic E-state index is 0. The van der Waals surface area contributed by atoms with Crippen LogP contribution in [0.15, 0.2) is 10.8 Å². The average molecular weight is 631 g/mol. The van der Waals surface area contributed by atoms with Gasteiger partial charge in [0, 0.05) is 40.0 Å². The van der Waals surface area contributed by atoms with Gasteiger partial charge in [0.15, 0.2) is 5.78 Å². The van der Waals surface area contributed by atoms with Gasteiger partial charge >= 0.3 is 5.97 Å². The number of hydrogen-bond acceptors (Lipinski definition) is 8. The number of rotatable bonds is 12. The fourth-order valence-electron chi connectivity index (χ4n) is 4.21. The largest absolute Gasteiger partial charge is 0.465 e. The van der Waals surface area contributed by atoms with Gasteiger partial charge in [-0.2, -0.15) is 0 Å². The summed E-state index contributed by atoms with van der Waals surface area (Å²) in [6.07, 6.45) is 2.14. The third-order valence-corrected chi connectivity index (χ3v) is 13.9. The molecule has 0 aromatic carbocycles. The van der Waals surface area contributed by atoms with Gasteiger partial charge in [-0.25, -0.2) is 4.79 Å².